The third-order valence-corrected chi connectivity index (χ3v) is 6.32. The third kappa shape index (κ3) is 4.98. The summed E-state index contributed by atoms with van der Waals surface area (Å²) in [5.74, 6) is 0.531. The molecule has 1 atom stereocenters. The molecule has 0 amide bonds. The van der Waals surface area contributed by atoms with Crippen molar-refractivity contribution in [2.24, 2.45) is 5.92 Å². The number of hydrogen-bond donors (Lipinski definition) is 0. The Morgan fingerprint density at radius 1 is 1.00 bits per heavy atom. The molecule has 162 valence electrons. The summed E-state index contributed by atoms with van der Waals surface area (Å²) in [6.45, 7) is 0.152. The van der Waals surface area contributed by atoms with Crippen LogP contribution in [0.3, 0.4) is 0 Å². The first kappa shape index (κ1) is 21.2. The number of benzene rings is 2. The molecule has 1 aliphatic heterocycles. The van der Waals surface area contributed by atoms with E-state index in [9.17, 15) is 9.59 Å². The summed E-state index contributed by atoms with van der Waals surface area (Å²) >= 11 is 0. The highest BCUT2D eigenvalue weighted by molar-refractivity contribution is 6.18. The second-order valence-electron chi connectivity index (χ2n) is 8.30. The van der Waals surface area contributed by atoms with E-state index in [0.29, 0.717) is 12.3 Å². The van der Waals surface area contributed by atoms with E-state index in [1.807, 2.05) is 54.6 Å². The zero-order chi connectivity index (χ0) is 21.6. The van der Waals surface area contributed by atoms with Crippen molar-refractivity contribution in [1.29, 1.82) is 0 Å². The van der Waals surface area contributed by atoms with Crippen LogP contribution < -0.4 is 9.64 Å². The molecular formula is C26H29NO4. The molecule has 1 fully saturated rings. The van der Waals surface area contributed by atoms with Gasteiger partial charge >= 0.3 is 5.97 Å². The number of methoxy groups -OCH3 is 1. The minimum absolute atomic E-state index is 0.0619. The van der Waals surface area contributed by atoms with Gasteiger partial charge in [0.2, 0.25) is 0 Å². The van der Waals surface area contributed by atoms with Gasteiger partial charge in [0.05, 0.1) is 7.11 Å². The van der Waals surface area contributed by atoms with E-state index in [1.54, 1.807) is 13.3 Å². The smallest absolute Gasteiger partial charge is 0.343 e. The van der Waals surface area contributed by atoms with Crippen molar-refractivity contribution in [1.82, 2.24) is 0 Å². The average Bonchev–Trinajstić information content (AvgIpc) is 2.83. The second kappa shape index (κ2) is 9.82. The van der Waals surface area contributed by atoms with E-state index >= 15 is 0 Å². The molecule has 1 aliphatic carbocycles. The summed E-state index contributed by atoms with van der Waals surface area (Å²) < 4.78 is 10.8. The Morgan fingerprint density at radius 2 is 1.71 bits per heavy atom. The van der Waals surface area contributed by atoms with E-state index in [2.05, 4.69) is 4.90 Å². The van der Waals surface area contributed by atoms with Gasteiger partial charge in [0.15, 0.2) is 5.78 Å². The molecule has 1 heterocycles. The summed E-state index contributed by atoms with van der Waals surface area (Å²) in [6.07, 6.45) is 7.93. The lowest BCUT2D eigenvalue weighted by molar-refractivity contribution is -0.142. The van der Waals surface area contributed by atoms with Crippen LogP contribution in [0.2, 0.25) is 0 Å². The largest absolute Gasteiger partial charge is 0.497 e. The lowest BCUT2D eigenvalue weighted by atomic mass is 9.79. The van der Waals surface area contributed by atoms with Crippen molar-refractivity contribution < 1.29 is 19.1 Å². The van der Waals surface area contributed by atoms with Crippen molar-refractivity contribution in [3.8, 4) is 5.75 Å². The van der Waals surface area contributed by atoms with E-state index < -0.39 is 5.97 Å². The van der Waals surface area contributed by atoms with Gasteiger partial charge in [-0.05, 0) is 48.6 Å². The maximum Gasteiger partial charge on any atom is 0.343 e. The molecule has 0 spiro atoms. The zero-order valence-electron chi connectivity index (χ0n) is 18.0. The highest BCUT2D eigenvalue weighted by Gasteiger charge is 2.37. The van der Waals surface area contributed by atoms with Crippen molar-refractivity contribution in [2.45, 2.75) is 51.2 Å². The summed E-state index contributed by atoms with van der Waals surface area (Å²) in [6, 6.07) is 17.3. The lowest BCUT2D eigenvalue weighted by Gasteiger charge is -2.40. The molecule has 0 aromatic heterocycles. The normalized spacial score (nSPS) is 19.6. The summed E-state index contributed by atoms with van der Waals surface area (Å²) in [4.78, 5) is 27.9. The van der Waals surface area contributed by atoms with Gasteiger partial charge < -0.3 is 14.4 Å². The first-order valence-electron chi connectivity index (χ1n) is 11.0. The lowest BCUT2D eigenvalue weighted by Crippen LogP contribution is -2.44. The number of nitrogens with zero attached hydrogens (tertiary/aromatic N) is 1. The molecule has 1 unspecified atom stereocenters. The molecule has 4 rings (SSSR count). The molecule has 2 aliphatic rings. The number of hydrogen-bond acceptors (Lipinski definition) is 5. The number of ether oxygens (including phenoxy) is 2. The van der Waals surface area contributed by atoms with Crippen LogP contribution in [-0.2, 0) is 20.9 Å². The van der Waals surface area contributed by atoms with Gasteiger partial charge in [0.25, 0.3) is 0 Å². The maximum absolute atomic E-state index is 13.0. The molecule has 5 nitrogen and oxygen atoms in total. The second-order valence-corrected chi connectivity index (χ2v) is 8.30. The van der Waals surface area contributed by atoms with E-state index in [4.69, 9.17) is 9.47 Å². The highest BCUT2D eigenvalue weighted by atomic mass is 16.5. The van der Waals surface area contributed by atoms with Crippen molar-refractivity contribution in [2.75, 3.05) is 12.0 Å². The minimum atomic E-state index is -0.561. The third-order valence-electron chi connectivity index (χ3n) is 6.32. The number of Topliss-reactive ketones (excluding diaryl/α,β-unsaturated/α-hetero) is 1. The van der Waals surface area contributed by atoms with Gasteiger partial charge in [0.1, 0.15) is 17.9 Å². The summed E-state index contributed by atoms with van der Waals surface area (Å²) in [5, 5.41) is 0. The van der Waals surface area contributed by atoms with Gasteiger partial charge in [-0.1, -0.05) is 49.6 Å². The van der Waals surface area contributed by atoms with Gasteiger partial charge in [-0.15, -0.1) is 0 Å². The summed E-state index contributed by atoms with van der Waals surface area (Å²) in [5.41, 5.74) is 1.97. The zero-order valence-corrected chi connectivity index (χ0v) is 18.0. The Kier molecular flexibility index (Phi) is 6.70. The van der Waals surface area contributed by atoms with Gasteiger partial charge in [-0.3, -0.25) is 4.79 Å². The fraction of sp³-hybridized carbons (Fsp3) is 0.385. The predicted octanol–water partition coefficient (Wildman–Crippen LogP) is 5.05. The topological polar surface area (TPSA) is 55.8 Å². The van der Waals surface area contributed by atoms with Crippen LogP contribution in [-0.4, -0.2) is 24.9 Å². The van der Waals surface area contributed by atoms with E-state index in [1.165, 1.54) is 19.3 Å². The fourth-order valence-electron chi connectivity index (χ4n) is 4.61. The molecule has 5 heteroatoms. The number of carbonyl (C=O) groups is 2. The molecule has 2 aromatic carbocycles. The number of esters is 1. The molecule has 0 bridgehead atoms. The average molecular weight is 420 g/mol. The Balaban J connectivity index is 1.59. The predicted molar refractivity (Wildman–Crippen MR) is 120 cm³/mol. The Morgan fingerprint density at radius 3 is 2.39 bits per heavy atom. The van der Waals surface area contributed by atoms with Crippen LogP contribution in [0.15, 0.2) is 66.4 Å². The van der Waals surface area contributed by atoms with Crippen LogP contribution in [0.5, 0.6) is 5.75 Å². The number of ketones is 1. The number of anilines is 1. The van der Waals surface area contributed by atoms with E-state index in [0.717, 1.165) is 29.8 Å². The van der Waals surface area contributed by atoms with Crippen LogP contribution >= 0.6 is 0 Å². The van der Waals surface area contributed by atoms with E-state index in [-0.39, 0.29) is 24.0 Å². The van der Waals surface area contributed by atoms with Crippen molar-refractivity contribution in [3.63, 3.8) is 0 Å². The molecule has 1 saturated carbocycles. The molecule has 2 aromatic rings. The van der Waals surface area contributed by atoms with Gasteiger partial charge in [-0.2, -0.15) is 0 Å². The van der Waals surface area contributed by atoms with Crippen LogP contribution in [0.25, 0.3) is 0 Å². The van der Waals surface area contributed by atoms with Crippen LogP contribution in [0, 0.1) is 5.92 Å². The first-order valence-corrected chi connectivity index (χ1v) is 11.0. The maximum atomic E-state index is 13.0. The van der Waals surface area contributed by atoms with Gasteiger partial charge in [0, 0.05) is 24.4 Å². The quantitative estimate of drug-likeness (QED) is 0.484. The molecular weight excluding hydrogens is 390 g/mol. The van der Waals surface area contributed by atoms with Gasteiger partial charge in [-0.25, -0.2) is 4.79 Å². The number of carbonyl (C=O) groups excluding carboxylic acids is 2. The molecule has 0 N–H and O–H groups in total. The first-order chi connectivity index (χ1) is 15.2. The monoisotopic (exact) mass is 419 g/mol. The standard InChI is InChI=1S/C26H29NO4/c1-30-22-14-12-21(13-15-22)27-17-23(26(29)31-18-19-8-4-2-5-9-19)25(28)16-24(27)20-10-6-3-7-11-20/h2,4-5,8-9,12-15,17,20,24H,3,6-7,10-11,16,18H2,1H3. The Labute approximate surface area is 183 Å². The molecule has 31 heavy (non-hydrogen) atoms. The molecule has 0 radical (unpaired) electrons. The van der Waals surface area contributed by atoms with Crippen LogP contribution in [0.4, 0.5) is 5.69 Å². The SMILES string of the molecule is COc1ccc(N2C=C(C(=O)OCc3ccccc3)C(=O)CC2C2CCCCC2)cc1. The summed E-state index contributed by atoms with van der Waals surface area (Å²) in [7, 11) is 1.64. The highest BCUT2D eigenvalue weighted by Crippen LogP contribution is 2.37. The minimum Gasteiger partial charge on any atom is -0.497 e. The van der Waals surface area contributed by atoms with Crippen LogP contribution in [0.1, 0.15) is 44.1 Å². The fourth-order valence-corrected chi connectivity index (χ4v) is 4.61. The Bertz CT molecular complexity index is 930. The molecule has 0 saturated heterocycles. The van der Waals surface area contributed by atoms with Crippen molar-refractivity contribution >= 4 is 17.4 Å². The van der Waals surface area contributed by atoms with Crippen molar-refractivity contribution in [3.05, 3.63) is 71.9 Å². The number of rotatable bonds is 6. The Hall–Kier alpha value is -3.08.